The van der Waals surface area contributed by atoms with E-state index < -0.39 is 11.8 Å². The molecule has 14 heteroatoms. The van der Waals surface area contributed by atoms with Crippen LogP contribution in [0.1, 0.15) is 19.3 Å². The zero-order chi connectivity index (χ0) is 27.7. The second-order valence-corrected chi connectivity index (χ2v) is 10.7. The predicted molar refractivity (Wildman–Crippen MR) is 154 cm³/mol. The first-order chi connectivity index (χ1) is 18.1. The second kappa shape index (κ2) is 11.0. The number of carbonyl (C=O) groups is 2. The first-order valence-corrected chi connectivity index (χ1v) is 13.1. The fraction of sp³-hybridized carbons (Fsp3) is 0.167. The summed E-state index contributed by atoms with van der Waals surface area (Å²) in [5.41, 5.74) is 13.6. The Morgan fingerprint density at radius 3 is 1.37 bits per heavy atom. The molecule has 0 spiro atoms. The normalized spacial score (nSPS) is 10.8. The van der Waals surface area contributed by atoms with Crippen molar-refractivity contribution >= 4 is 89.8 Å². The van der Waals surface area contributed by atoms with Gasteiger partial charge in [0.2, 0.25) is 0 Å². The summed E-state index contributed by atoms with van der Waals surface area (Å²) in [4.78, 5) is 26.6. The molecule has 0 atom stereocenters. The van der Waals surface area contributed by atoms with Crippen molar-refractivity contribution < 1.29 is 28.5 Å². The van der Waals surface area contributed by atoms with Crippen LogP contribution in [0, 0.1) is 0 Å². The number of rotatable bonds is 8. The van der Waals surface area contributed by atoms with Crippen LogP contribution in [0.4, 0.5) is 22.7 Å². The summed E-state index contributed by atoms with van der Waals surface area (Å²) < 4.78 is 21.6. The number of methoxy groups -OCH3 is 4. The largest absolute Gasteiger partial charge is 0.495 e. The molecule has 4 aromatic rings. The zero-order valence-corrected chi connectivity index (χ0v) is 23.6. The van der Waals surface area contributed by atoms with Gasteiger partial charge in [-0.1, -0.05) is 23.2 Å². The van der Waals surface area contributed by atoms with Gasteiger partial charge in [0.25, 0.3) is 11.8 Å². The SMILES string of the molecule is COc1cc(OC)c(NC(=O)c2sc3sc(C(=O)Nc4cc(Cl)c(OC)cc4OC)c(N)c3c2N)cc1Cl. The minimum Gasteiger partial charge on any atom is -0.495 e. The molecule has 2 aromatic carbocycles. The van der Waals surface area contributed by atoms with E-state index >= 15 is 0 Å². The van der Waals surface area contributed by atoms with E-state index in [1.807, 2.05) is 0 Å². The van der Waals surface area contributed by atoms with E-state index in [0.717, 1.165) is 22.7 Å². The van der Waals surface area contributed by atoms with Crippen LogP contribution in [0.15, 0.2) is 24.3 Å². The Bertz CT molecular complexity index is 1460. The topological polar surface area (TPSA) is 147 Å². The molecule has 0 fully saturated rings. The Balaban J connectivity index is 1.62. The van der Waals surface area contributed by atoms with Gasteiger partial charge in [0.15, 0.2) is 0 Å². The number of benzene rings is 2. The van der Waals surface area contributed by atoms with Crippen molar-refractivity contribution in [3.05, 3.63) is 44.1 Å². The molecular formula is C24H22Cl2N4O6S2. The van der Waals surface area contributed by atoms with E-state index in [4.69, 9.17) is 53.6 Å². The third kappa shape index (κ3) is 4.95. The van der Waals surface area contributed by atoms with Crippen molar-refractivity contribution in [3.8, 4) is 23.0 Å². The van der Waals surface area contributed by atoms with Crippen molar-refractivity contribution in [3.63, 3.8) is 0 Å². The van der Waals surface area contributed by atoms with Gasteiger partial charge in [-0.3, -0.25) is 9.59 Å². The Kier molecular flexibility index (Phi) is 7.97. The molecule has 6 N–H and O–H groups in total. The van der Waals surface area contributed by atoms with Crippen LogP contribution < -0.4 is 41.0 Å². The third-order valence-corrected chi connectivity index (χ3v) is 8.57. The number of amides is 2. The van der Waals surface area contributed by atoms with Crippen LogP contribution in [-0.4, -0.2) is 40.3 Å². The van der Waals surface area contributed by atoms with Crippen molar-refractivity contribution in [2.75, 3.05) is 50.5 Å². The van der Waals surface area contributed by atoms with Gasteiger partial charge in [0.05, 0.1) is 70.6 Å². The molecule has 0 saturated carbocycles. The highest BCUT2D eigenvalue weighted by atomic mass is 35.5. The molecule has 10 nitrogen and oxygen atoms in total. The molecule has 0 saturated heterocycles. The fourth-order valence-electron chi connectivity index (χ4n) is 3.62. The molecule has 200 valence electrons. The average molecular weight is 598 g/mol. The van der Waals surface area contributed by atoms with E-state index in [2.05, 4.69) is 10.6 Å². The molecule has 0 unspecified atom stereocenters. The summed E-state index contributed by atoms with van der Waals surface area (Å²) in [6.07, 6.45) is 0. The average Bonchev–Trinajstić information content (AvgIpc) is 3.40. The van der Waals surface area contributed by atoms with Gasteiger partial charge in [0.1, 0.15) is 32.8 Å². The number of ether oxygens (including phenoxy) is 4. The lowest BCUT2D eigenvalue weighted by Crippen LogP contribution is -2.14. The number of anilines is 4. The van der Waals surface area contributed by atoms with Crippen LogP contribution in [-0.2, 0) is 0 Å². The number of thiophene rings is 2. The number of halogens is 2. The number of nitrogen functional groups attached to an aromatic ring is 2. The number of carbonyl (C=O) groups excluding carboxylic acids is 2. The van der Waals surface area contributed by atoms with Crippen molar-refractivity contribution in [2.24, 2.45) is 0 Å². The number of fused-ring (bicyclic) bond motifs is 1. The zero-order valence-electron chi connectivity index (χ0n) is 20.5. The molecular weight excluding hydrogens is 575 g/mol. The van der Waals surface area contributed by atoms with Gasteiger partial charge in [-0.25, -0.2) is 0 Å². The summed E-state index contributed by atoms with van der Waals surface area (Å²) in [5.74, 6) is 0.515. The fourth-order valence-corrected chi connectivity index (χ4v) is 6.50. The quantitative estimate of drug-likeness (QED) is 0.194. The molecule has 4 rings (SSSR count). The number of nitrogens with one attached hydrogen (secondary N) is 2. The summed E-state index contributed by atoms with van der Waals surface area (Å²) in [6, 6.07) is 6.14. The molecule has 0 aliphatic heterocycles. The maximum absolute atomic E-state index is 13.1. The molecule has 0 aliphatic carbocycles. The van der Waals surface area contributed by atoms with E-state index in [1.165, 1.54) is 40.6 Å². The van der Waals surface area contributed by atoms with Crippen molar-refractivity contribution in [1.29, 1.82) is 0 Å². The third-order valence-electron chi connectivity index (χ3n) is 5.48. The van der Waals surface area contributed by atoms with Gasteiger partial charge >= 0.3 is 0 Å². The van der Waals surface area contributed by atoms with Crippen LogP contribution in [0.5, 0.6) is 23.0 Å². The first kappa shape index (κ1) is 27.5. The van der Waals surface area contributed by atoms with Crippen LogP contribution in [0.2, 0.25) is 10.0 Å². The van der Waals surface area contributed by atoms with E-state index in [1.54, 1.807) is 12.1 Å². The minimum atomic E-state index is -0.488. The number of nitrogens with two attached hydrogens (primary N) is 2. The van der Waals surface area contributed by atoms with Crippen LogP contribution in [0.25, 0.3) is 9.40 Å². The van der Waals surface area contributed by atoms with Gasteiger partial charge < -0.3 is 41.0 Å². The van der Waals surface area contributed by atoms with Gasteiger partial charge in [-0.15, -0.1) is 22.7 Å². The highest BCUT2D eigenvalue weighted by Crippen LogP contribution is 2.46. The Morgan fingerprint density at radius 1 is 0.684 bits per heavy atom. The Hall–Kier alpha value is -3.58. The summed E-state index contributed by atoms with van der Waals surface area (Å²) >= 11 is 14.6. The lowest BCUT2D eigenvalue weighted by molar-refractivity contribution is 0.102. The molecule has 0 bridgehead atoms. The standard InChI is InChI=1S/C24H22Cl2N4O6S2/c1-33-13-7-15(35-3)11(5-9(13)25)29-22(31)20-18(27)17-19(28)21(38-24(17)37-20)23(32)30-12-6-10(26)14(34-2)8-16(12)36-4/h5-8H,27-28H2,1-4H3,(H,29,31)(H,30,32). The molecule has 2 heterocycles. The molecule has 0 radical (unpaired) electrons. The van der Waals surface area contributed by atoms with Gasteiger partial charge in [0, 0.05) is 12.1 Å². The minimum absolute atomic E-state index is 0.152. The van der Waals surface area contributed by atoms with Gasteiger partial charge in [-0.05, 0) is 12.1 Å². The lowest BCUT2D eigenvalue weighted by Gasteiger charge is -2.13. The maximum atomic E-state index is 13.1. The van der Waals surface area contributed by atoms with E-state index in [9.17, 15) is 9.59 Å². The van der Waals surface area contributed by atoms with Gasteiger partial charge in [-0.2, -0.15) is 0 Å². The highest BCUT2D eigenvalue weighted by molar-refractivity contribution is 7.40. The Morgan fingerprint density at radius 2 is 1.05 bits per heavy atom. The maximum Gasteiger partial charge on any atom is 0.268 e. The predicted octanol–water partition coefficient (Wildman–Crippen LogP) is 5.97. The highest BCUT2D eigenvalue weighted by Gasteiger charge is 2.26. The van der Waals surface area contributed by atoms with E-state index in [-0.39, 0.29) is 21.1 Å². The van der Waals surface area contributed by atoms with Crippen molar-refractivity contribution in [1.82, 2.24) is 0 Å². The lowest BCUT2D eigenvalue weighted by atomic mass is 10.2. The summed E-state index contributed by atoms with van der Waals surface area (Å²) in [5, 5.41) is 6.51. The summed E-state index contributed by atoms with van der Waals surface area (Å²) in [6.45, 7) is 0. The first-order valence-electron chi connectivity index (χ1n) is 10.7. The molecule has 0 aliphatic rings. The Labute approximate surface area is 235 Å². The number of hydrogen-bond donors (Lipinski definition) is 4. The molecule has 2 aromatic heterocycles. The van der Waals surface area contributed by atoms with Crippen molar-refractivity contribution in [2.45, 2.75) is 0 Å². The number of hydrogen-bond acceptors (Lipinski definition) is 10. The summed E-state index contributed by atoms with van der Waals surface area (Å²) in [7, 11) is 5.85. The molecule has 38 heavy (non-hydrogen) atoms. The monoisotopic (exact) mass is 596 g/mol. The second-order valence-electron chi connectivity index (χ2n) is 7.63. The smallest absolute Gasteiger partial charge is 0.268 e. The van der Waals surface area contributed by atoms with Crippen LogP contribution in [0.3, 0.4) is 0 Å². The van der Waals surface area contributed by atoms with E-state index in [0.29, 0.717) is 53.8 Å². The van der Waals surface area contributed by atoms with Crippen LogP contribution >= 0.6 is 45.9 Å². The molecule has 2 amide bonds.